The van der Waals surface area contributed by atoms with Gasteiger partial charge in [-0.1, -0.05) is 6.07 Å². The Hall–Kier alpha value is -3.81. The molecule has 8 heteroatoms. The van der Waals surface area contributed by atoms with Crippen molar-refractivity contribution in [3.05, 3.63) is 60.2 Å². The smallest absolute Gasteiger partial charge is 0.225 e. The van der Waals surface area contributed by atoms with E-state index in [-0.39, 0.29) is 0 Å². The zero-order chi connectivity index (χ0) is 21.3. The highest BCUT2D eigenvalue weighted by Crippen LogP contribution is 2.30. The molecular weight excluding hydrogens is 380 g/mol. The highest BCUT2D eigenvalue weighted by atomic mass is 16.5. The van der Waals surface area contributed by atoms with Gasteiger partial charge >= 0.3 is 0 Å². The van der Waals surface area contributed by atoms with Gasteiger partial charge < -0.3 is 19.4 Å². The predicted molar refractivity (Wildman–Crippen MR) is 116 cm³/mol. The van der Waals surface area contributed by atoms with Gasteiger partial charge in [-0.05, 0) is 43.7 Å². The van der Waals surface area contributed by atoms with Crippen molar-refractivity contribution in [1.29, 1.82) is 0 Å². The zero-order valence-electron chi connectivity index (χ0n) is 17.7. The summed E-state index contributed by atoms with van der Waals surface area (Å²) in [6.07, 6.45) is 3.72. The van der Waals surface area contributed by atoms with E-state index < -0.39 is 0 Å². The Morgan fingerprint density at radius 1 is 1.00 bits per heavy atom. The minimum atomic E-state index is 0.604. The fourth-order valence-corrected chi connectivity index (χ4v) is 3.18. The van der Waals surface area contributed by atoms with Crippen LogP contribution in [0.2, 0.25) is 0 Å². The molecule has 0 saturated heterocycles. The number of anilines is 2. The van der Waals surface area contributed by atoms with Crippen molar-refractivity contribution in [2.24, 2.45) is 7.05 Å². The second-order valence-corrected chi connectivity index (χ2v) is 7.00. The molecule has 0 aliphatic heterocycles. The zero-order valence-corrected chi connectivity index (χ0v) is 17.7. The Morgan fingerprint density at radius 3 is 2.53 bits per heavy atom. The third-order valence-electron chi connectivity index (χ3n) is 4.88. The highest BCUT2D eigenvalue weighted by Gasteiger charge is 2.14. The summed E-state index contributed by atoms with van der Waals surface area (Å²) in [6.45, 7) is 3.98. The predicted octanol–water partition coefficient (Wildman–Crippen LogP) is 4.05. The monoisotopic (exact) mass is 404 g/mol. The SMILES string of the molecule is COc1ccc(C)c(Nc2nc(-c3ccc(-n4cnc(C)c4)c(OC)c3)nn2C)c1. The molecule has 2 aromatic heterocycles. The maximum absolute atomic E-state index is 5.60. The van der Waals surface area contributed by atoms with Crippen molar-refractivity contribution < 1.29 is 9.47 Å². The van der Waals surface area contributed by atoms with Crippen LogP contribution in [0.5, 0.6) is 11.5 Å². The van der Waals surface area contributed by atoms with Gasteiger partial charge in [-0.2, -0.15) is 4.98 Å². The Labute approximate surface area is 175 Å². The number of methoxy groups -OCH3 is 2. The van der Waals surface area contributed by atoms with Gasteiger partial charge in [0.1, 0.15) is 11.5 Å². The number of ether oxygens (including phenoxy) is 2. The Kier molecular flexibility index (Phi) is 5.14. The molecule has 8 nitrogen and oxygen atoms in total. The van der Waals surface area contributed by atoms with Crippen molar-refractivity contribution in [3.8, 4) is 28.6 Å². The van der Waals surface area contributed by atoms with Crippen LogP contribution in [-0.2, 0) is 7.05 Å². The molecule has 2 heterocycles. The second kappa shape index (κ2) is 7.90. The topological polar surface area (TPSA) is 79.0 Å². The number of hydrogen-bond donors (Lipinski definition) is 1. The van der Waals surface area contributed by atoms with Gasteiger partial charge in [-0.25, -0.2) is 9.67 Å². The van der Waals surface area contributed by atoms with Crippen molar-refractivity contribution >= 4 is 11.6 Å². The summed E-state index contributed by atoms with van der Waals surface area (Å²) in [5.41, 5.74) is 4.71. The first-order valence-corrected chi connectivity index (χ1v) is 9.50. The van der Waals surface area contributed by atoms with Gasteiger partial charge in [0.2, 0.25) is 5.95 Å². The van der Waals surface area contributed by atoms with E-state index in [1.54, 1.807) is 25.2 Å². The van der Waals surface area contributed by atoms with E-state index in [4.69, 9.17) is 9.47 Å². The molecule has 0 amide bonds. The van der Waals surface area contributed by atoms with Gasteiger partial charge in [0.15, 0.2) is 5.82 Å². The number of hydrogen-bond acceptors (Lipinski definition) is 6. The van der Waals surface area contributed by atoms with Crippen LogP contribution in [0.4, 0.5) is 11.6 Å². The molecule has 2 aromatic carbocycles. The maximum atomic E-state index is 5.60. The number of benzene rings is 2. The van der Waals surface area contributed by atoms with Gasteiger partial charge in [0, 0.05) is 30.6 Å². The number of aromatic nitrogens is 5. The van der Waals surface area contributed by atoms with Crippen LogP contribution >= 0.6 is 0 Å². The molecule has 0 radical (unpaired) electrons. The van der Waals surface area contributed by atoms with Gasteiger partial charge in [0.25, 0.3) is 0 Å². The lowest BCUT2D eigenvalue weighted by Crippen LogP contribution is -2.01. The summed E-state index contributed by atoms with van der Waals surface area (Å²) in [7, 11) is 5.15. The Balaban J connectivity index is 1.66. The maximum Gasteiger partial charge on any atom is 0.225 e. The van der Waals surface area contributed by atoms with E-state index in [1.807, 2.05) is 68.1 Å². The van der Waals surface area contributed by atoms with E-state index in [9.17, 15) is 0 Å². The van der Waals surface area contributed by atoms with Crippen LogP contribution in [0.25, 0.3) is 17.1 Å². The number of aryl methyl sites for hydroxylation is 3. The van der Waals surface area contributed by atoms with Gasteiger partial charge in [0.05, 0.1) is 31.9 Å². The molecular formula is C22H24N6O2. The standard InChI is InChI=1S/C22H24N6O2/c1-14-6-8-17(29-4)11-18(14)24-22-25-21(26-27(22)3)16-7-9-19(20(10-16)30-5)28-12-15(2)23-13-28/h6-13H,1-5H3,(H,24,25,26). The van der Waals surface area contributed by atoms with E-state index >= 15 is 0 Å². The van der Waals surface area contributed by atoms with Crippen molar-refractivity contribution in [2.45, 2.75) is 13.8 Å². The van der Waals surface area contributed by atoms with E-state index in [0.29, 0.717) is 11.8 Å². The van der Waals surface area contributed by atoms with Crippen LogP contribution < -0.4 is 14.8 Å². The molecule has 30 heavy (non-hydrogen) atoms. The molecule has 0 atom stereocenters. The average molecular weight is 404 g/mol. The molecule has 0 fully saturated rings. The molecule has 1 N–H and O–H groups in total. The van der Waals surface area contributed by atoms with Crippen molar-refractivity contribution in [1.82, 2.24) is 24.3 Å². The molecule has 0 bridgehead atoms. The van der Waals surface area contributed by atoms with Gasteiger partial charge in [-0.15, -0.1) is 5.10 Å². The molecule has 0 aliphatic rings. The second-order valence-electron chi connectivity index (χ2n) is 7.00. The third kappa shape index (κ3) is 3.71. The quantitative estimate of drug-likeness (QED) is 0.522. The van der Waals surface area contributed by atoms with Crippen LogP contribution in [0.15, 0.2) is 48.9 Å². The summed E-state index contributed by atoms with van der Waals surface area (Å²) >= 11 is 0. The van der Waals surface area contributed by atoms with Crippen LogP contribution in [0.3, 0.4) is 0 Å². The first-order chi connectivity index (χ1) is 14.5. The van der Waals surface area contributed by atoms with E-state index in [1.165, 1.54) is 0 Å². The van der Waals surface area contributed by atoms with Crippen molar-refractivity contribution in [2.75, 3.05) is 19.5 Å². The third-order valence-corrected chi connectivity index (χ3v) is 4.88. The lowest BCUT2D eigenvalue weighted by Gasteiger charge is -2.10. The lowest BCUT2D eigenvalue weighted by molar-refractivity contribution is 0.413. The molecule has 4 aromatic rings. The number of rotatable bonds is 6. The van der Waals surface area contributed by atoms with Gasteiger partial charge in [-0.3, -0.25) is 0 Å². The van der Waals surface area contributed by atoms with E-state index in [0.717, 1.165) is 39.7 Å². The minimum absolute atomic E-state index is 0.604. The van der Waals surface area contributed by atoms with Crippen molar-refractivity contribution in [3.63, 3.8) is 0 Å². The minimum Gasteiger partial charge on any atom is -0.497 e. The molecule has 4 rings (SSSR count). The molecule has 0 spiro atoms. The summed E-state index contributed by atoms with van der Waals surface area (Å²) in [5, 5.41) is 7.91. The lowest BCUT2D eigenvalue weighted by atomic mass is 10.1. The first kappa shape index (κ1) is 19.5. The van der Waals surface area contributed by atoms with Crippen LogP contribution in [-0.4, -0.2) is 38.5 Å². The van der Waals surface area contributed by atoms with Crippen LogP contribution in [0.1, 0.15) is 11.3 Å². The van der Waals surface area contributed by atoms with Crippen LogP contribution in [0, 0.1) is 13.8 Å². The number of nitrogens with zero attached hydrogens (tertiary/aromatic N) is 5. The fourth-order valence-electron chi connectivity index (χ4n) is 3.18. The summed E-state index contributed by atoms with van der Waals surface area (Å²) in [5.74, 6) is 2.73. The normalized spacial score (nSPS) is 10.8. The number of nitrogens with one attached hydrogen (secondary N) is 1. The Bertz CT molecular complexity index is 1190. The van der Waals surface area contributed by atoms with E-state index in [2.05, 4.69) is 20.4 Å². The molecule has 0 aliphatic carbocycles. The number of imidazole rings is 1. The molecule has 0 saturated carbocycles. The average Bonchev–Trinajstić information content (AvgIpc) is 3.34. The summed E-state index contributed by atoms with van der Waals surface area (Å²) in [6, 6.07) is 11.8. The fraction of sp³-hybridized carbons (Fsp3) is 0.227. The largest absolute Gasteiger partial charge is 0.497 e. The highest BCUT2D eigenvalue weighted by molar-refractivity contribution is 5.66. The molecule has 154 valence electrons. The Morgan fingerprint density at radius 2 is 1.83 bits per heavy atom. The summed E-state index contributed by atoms with van der Waals surface area (Å²) < 4.78 is 14.6. The first-order valence-electron chi connectivity index (χ1n) is 9.50. The molecule has 0 unspecified atom stereocenters. The summed E-state index contributed by atoms with van der Waals surface area (Å²) in [4.78, 5) is 8.96.